The van der Waals surface area contributed by atoms with Gasteiger partial charge in [-0.2, -0.15) is 5.26 Å². The van der Waals surface area contributed by atoms with Gasteiger partial charge in [0.25, 0.3) is 0 Å². The number of hydrogen-bond donors (Lipinski definition) is 0. The topological polar surface area (TPSA) is 76.4 Å². The van der Waals surface area contributed by atoms with Gasteiger partial charge in [-0.15, -0.1) is 0 Å². The van der Waals surface area contributed by atoms with Gasteiger partial charge in [-0.1, -0.05) is 12.1 Å². The number of nitrogens with zero attached hydrogens (tertiary/aromatic N) is 1. The molecule has 0 aliphatic heterocycles. The Balaban J connectivity index is 3.36. The lowest BCUT2D eigenvalue weighted by Crippen LogP contribution is -2.40. The van der Waals surface area contributed by atoms with E-state index in [1.807, 2.05) is 0 Å². The number of carbonyl (C=O) groups is 2. The molecule has 1 aromatic rings. The Kier molecular flexibility index (Phi) is 5.91. The summed E-state index contributed by atoms with van der Waals surface area (Å²) in [5, 5.41) is 9.77. The first-order valence-electron chi connectivity index (χ1n) is 7.43. The fraction of sp³-hybridized carbons (Fsp3) is 0.500. The van der Waals surface area contributed by atoms with Crippen LogP contribution in [0.3, 0.4) is 0 Å². The second-order valence-corrected chi connectivity index (χ2v) is 6.45. The van der Waals surface area contributed by atoms with E-state index < -0.39 is 17.0 Å². The summed E-state index contributed by atoms with van der Waals surface area (Å²) in [4.78, 5) is 24.1. The number of ketones is 1. The Hall–Kier alpha value is -2.35. The van der Waals surface area contributed by atoms with Gasteiger partial charge in [0.1, 0.15) is 17.1 Å². The molecule has 0 saturated carbocycles. The Bertz CT molecular complexity index is 625. The Labute approximate surface area is 137 Å². The van der Waals surface area contributed by atoms with Gasteiger partial charge in [0, 0.05) is 6.42 Å². The minimum Gasteiger partial charge on any atom is -0.497 e. The number of carbonyl (C=O) groups excluding carboxylic acids is 2. The van der Waals surface area contributed by atoms with E-state index in [2.05, 4.69) is 6.07 Å². The van der Waals surface area contributed by atoms with Crippen molar-refractivity contribution >= 4 is 11.8 Å². The molecule has 1 rings (SSSR count). The molecule has 0 aliphatic carbocycles. The van der Waals surface area contributed by atoms with Gasteiger partial charge in [-0.25, -0.2) is 4.79 Å². The molecular weight excluding hydrogens is 294 g/mol. The minimum atomic E-state index is -1.53. The molecule has 5 heteroatoms. The second kappa shape index (κ2) is 7.28. The Morgan fingerprint density at radius 2 is 1.91 bits per heavy atom. The summed E-state index contributed by atoms with van der Waals surface area (Å²) in [7, 11) is 1.51. The van der Waals surface area contributed by atoms with Crippen molar-refractivity contribution < 1.29 is 19.1 Å². The monoisotopic (exact) mass is 317 g/mol. The quantitative estimate of drug-likeness (QED) is 0.753. The van der Waals surface area contributed by atoms with Gasteiger partial charge < -0.3 is 14.3 Å². The van der Waals surface area contributed by atoms with Gasteiger partial charge in [0.05, 0.1) is 13.2 Å². The largest absolute Gasteiger partial charge is 0.497 e. The number of esters is 1. The molecule has 0 fully saturated rings. The highest BCUT2D eigenvalue weighted by Gasteiger charge is 2.44. The average Bonchev–Trinajstić information content (AvgIpc) is 2.46. The molecule has 124 valence electrons. The predicted octanol–water partition coefficient (Wildman–Crippen LogP) is 3.17. The summed E-state index contributed by atoms with van der Waals surface area (Å²) in [6.45, 7) is 6.65. The first-order chi connectivity index (χ1) is 10.6. The van der Waals surface area contributed by atoms with Crippen LogP contribution in [0.1, 0.15) is 46.1 Å². The molecule has 0 amide bonds. The highest BCUT2D eigenvalue weighted by Crippen LogP contribution is 2.34. The third kappa shape index (κ3) is 4.82. The predicted molar refractivity (Wildman–Crippen MR) is 86.0 cm³/mol. The van der Waals surface area contributed by atoms with E-state index in [0.29, 0.717) is 11.3 Å². The van der Waals surface area contributed by atoms with E-state index in [1.165, 1.54) is 14.0 Å². The van der Waals surface area contributed by atoms with Crippen LogP contribution in [0.5, 0.6) is 5.75 Å². The molecule has 1 atom stereocenters. The molecule has 5 nitrogen and oxygen atoms in total. The molecular formula is C18H23NO4. The van der Waals surface area contributed by atoms with E-state index in [1.54, 1.807) is 45.0 Å². The zero-order chi connectivity index (χ0) is 17.7. The molecule has 0 spiro atoms. The van der Waals surface area contributed by atoms with Gasteiger partial charge in [-0.3, -0.25) is 0 Å². The van der Waals surface area contributed by atoms with Gasteiger partial charge in [0.15, 0.2) is 5.41 Å². The summed E-state index contributed by atoms with van der Waals surface area (Å²) >= 11 is 0. The van der Waals surface area contributed by atoms with Crippen molar-refractivity contribution in [1.82, 2.24) is 0 Å². The fourth-order valence-electron chi connectivity index (χ4n) is 2.15. The van der Waals surface area contributed by atoms with Gasteiger partial charge in [-0.05, 0) is 51.8 Å². The number of methoxy groups -OCH3 is 1. The van der Waals surface area contributed by atoms with Gasteiger partial charge >= 0.3 is 5.97 Å². The van der Waals surface area contributed by atoms with Crippen molar-refractivity contribution in [1.29, 1.82) is 5.26 Å². The maximum Gasteiger partial charge on any atom is 0.331 e. The van der Waals surface area contributed by atoms with E-state index >= 15 is 0 Å². The lowest BCUT2D eigenvalue weighted by atomic mass is 9.77. The molecule has 23 heavy (non-hydrogen) atoms. The van der Waals surface area contributed by atoms with Crippen LogP contribution in [0.15, 0.2) is 24.3 Å². The number of hydrogen-bond acceptors (Lipinski definition) is 5. The zero-order valence-electron chi connectivity index (χ0n) is 14.3. The van der Waals surface area contributed by atoms with Crippen molar-refractivity contribution in [2.24, 2.45) is 0 Å². The Morgan fingerprint density at radius 1 is 1.26 bits per heavy atom. The maximum atomic E-state index is 12.7. The summed E-state index contributed by atoms with van der Waals surface area (Å²) in [5.41, 5.74) is -1.79. The molecule has 0 aromatic heterocycles. The zero-order valence-corrected chi connectivity index (χ0v) is 14.3. The van der Waals surface area contributed by atoms with Crippen molar-refractivity contribution in [3.63, 3.8) is 0 Å². The van der Waals surface area contributed by atoms with Crippen LogP contribution in [0.2, 0.25) is 0 Å². The number of nitriles is 1. The third-order valence-corrected chi connectivity index (χ3v) is 3.35. The molecule has 0 heterocycles. The van der Waals surface area contributed by atoms with Crippen LogP contribution in [0, 0.1) is 11.3 Å². The third-order valence-electron chi connectivity index (χ3n) is 3.35. The number of rotatable bonds is 6. The van der Waals surface area contributed by atoms with Gasteiger partial charge in [0.2, 0.25) is 0 Å². The van der Waals surface area contributed by atoms with Crippen molar-refractivity contribution in [3.8, 4) is 11.8 Å². The van der Waals surface area contributed by atoms with E-state index in [9.17, 15) is 14.9 Å². The SMILES string of the molecule is COc1cccc([C@@](C#N)(CCC(C)=O)C(=O)OC(C)(C)C)c1. The van der Waals surface area contributed by atoms with Crippen LogP contribution >= 0.6 is 0 Å². The standard InChI is InChI=1S/C18H23NO4/c1-13(20)9-10-18(12-19,16(21)23-17(2,3)4)14-7-6-8-15(11-14)22-5/h6-8,11H,9-10H2,1-5H3/t18-/m0/s1. The van der Waals surface area contributed by atoms with Crippen LogP contribution in [0.4, 0.5) is 0 Å². The van der Waals surface area contributed by atoms with Crippen molar-refractivity contribution in [2.75, 3.05) is 7.11 Å². The highest BCUT2D eigenvalue weighted by atomic mass is 16.6. The van der Waals surface area contributed by atoms with Crippen LogP contribution < -0.4 is 4.74 Å². The maximum absolute atomic E-state index is 12.7. The van der Waals surface area contributed by atoms with E-state index in [4.69, 9.17) is 9.47 Å². The van der Waals surface area contributed by atoms with Crippen LogP contribution in [-0.2, 0) is 19.7 Å². The smallest absolute Gasteiger partial charge is 0.331 e. The molecule has 1 aromatic carbocycles. The van der Waals surface area contributed by atoms with Crippen LogP contribution in [0.25, 0.3) is 0 Å². The number of benzene rings is 1. The normalized spacial score (nSPS) is 13.6. The molecule has 0 bridgehead atoms. The lowest BCUT2D eigenvalue weighted by molar-refractivity contribution is -0.160. The van der Waals surface area contributed by atoms with E-state index in [-0.39, 0.29) is 18.6 Å². The second-order valence-electron chi connectivity index (χ2n) is 6.45. The highest BCUT2D eigenvalue weighted by molar-refractivity contribution is 5.88. The average molecular weight is 317 g/mol. The van der Waals surface area contributed by atoms with Crippen molar-refractivity contribution in [2.45, 2.75) is 51.6 Å². The number of Topliss-reactive ketones (excluding diaryl/α,β-unsaturated/α-hetero) is 1. The summed E-state index contributed by atoms with van der Waals surface area (Å²) in [6.07, 6.45) is 0.185. The van der Waals surface area contributed by atoms with E-state index in [0.717, 1.165) is 0 Å². The molecule has 0 saturated heterocycles. The fourth-order valence-corrected chi connectivity index (χ4v) is 2.15. The molecule has 0 N–H and O–H groups in total. The Morgan fingerprint density at radius 3 is 2.39 bits per heavy atom. The first kappa shape index (κ1) is 18.7. The summed E-state index contributed by atoms with van der Waals surface area (Å²) < 4.78 is 10.6. The lowest BCUT2D eigenvalue weighted by Gasteiger charge is -2.29. The molecule has 0 unspecified atom stereocenters. The minimum absolute atomic E-state index is 0.0704. The summed E-state index contributed by atoms with van der Waals surface area (Å²) in [5.74, 6) is -0.202. The number of ether oxygens (including phenoxy) is 2. The first-order valence-corrected chi connectivity index (χ1v) is 7.43. The van der Waals surface area contributed by atoms with Crippen LogP contribution in [-0.4, -0.2) is 24.5 Å². The molecule has 0 aliphatic rings. The summed E-state index contributed by atoms with van der Waals surface area (Å²) in [6, 6.07) is 8.82. The van der Waals surface area contributed by atoms with Crippen molar-refractivity contribution in [3.05, 3.63) is 29.8 Å². The molecule has 0 radical (unpaired) electrons.